The van der Waals surface area contributed by atoms with E-state index in [-0.39, 0.29) is 6.04 Å². The lowest BCUT2D eigenvalue weighted by molar-refractivity contribution is -0.275. The molecule has 21 heavy (non-hydrogen) atoms. The minimum Gasteiger partial charge on any atom is -0.404 e. The zero-order valence-corrected chi connectivity index (χ0v) is 11.8. The van der Waals surface area contributed by atoms with Gasteiger partial charge in [0.15, 0.2) is 0 Å². The minimum atomic E-state index is -4.95. The third-order valence-electron chi connectivity index (χ3n) is 2.98. The number of hydrogen-bond acceptors (Lipinski definition) is 4. The first-order valence-electron chi connectivity index (χ1n) is 6.36. The molecule has 2 N–H and O–H groups in total. The van der Waals surface area contributed by atoms with Crippen molar-refractivity contribution in [1.29, 1.82) is 0 Å². The summed E-state index contributed by atoms with van der Waals surface area (Å²) in [5, 5.41) is 3.02. The van der Waals surface area contributed by atoms with Crippen LogP contribution in [0.25, 0.3) is 0 Å². The van der Waals surface area contributed by atoms with E-state index in [0.29, 0.717) is 13.0 Å². The molecule has 0 aliphatic carbocycles. The van der Waals surface area contributed by atoms with Gasteiger partial charge in [0.25, 0.3) is 0 Å². The van der Waals surface area contributed by atoms with Crippen LogP contribution in [0, 0.1) is 0 Å². The van der Waals surface area contributed by atoms with Crippen molar-refractivity contribution in [3.63, 3.8) is 0 Å². The largest absolute Gasteiger partial charge is 0.573 e. The first-order valence-corrected chi connectivity index (χ1v) is 7.84. The Labute approximate surface area is 120 Å². The van der Waals surface area contributed by atoms with Crippen LogP contribution in [-0.4, -0.2) is 33.9 Å². The first-order chi connectivity index (χ1) is 9.78. The van der Waals surface area contributed by atoms with E-state index in [2.05, 4.69) is 14.8 Å². The fourth-order valence-electron chi connectivity index (χ4n) is 2.12. The molecule has 0 saturated carbocycles. The van der Waals surface area contributed by atoms with E-state index in [4.69, 9.17) is 0 Å². The molecule has 0 aromatic heterocycles. The van der Waals surface area contributed by atoms with E-state index in [1.54, 1.807) is 0 Å². The third kappa shape index (κ3) is 4.58. The van der Waals surface area contributed by atoms with Gasteiger partial charge in [0, 0.05) is 12.6 Å². The van der Waals surface area contributed by atoms with Crippen molar-refractivity contribution in [2.75, 3.05) is 13.1 Å². The summed E-state index contributed by atoms with van der Waals surface area (Å²) < 4.78 is 67.6. The number of nitrogens with one attached hydrogen (secondary N) is 2. The Kier molecular flexibility index (Phi) is 4.74. The van der Waals surface area contributed by atoms with Crippen molar-refractivity contribution in [2.24, 2.45) is 0 Å². The molecule has 1 saturated heterocycles. The number of hydrogen-bond donors (Lipinski definition) is 2. The first kappa shape index (κ1) is 16.1. The quantitative estimate of drug-likeness (QED) is 0.883. The van der Waals surface area contributed by atoms with Crippen molar-refractivity contribution in [3.8, 4) is 5.75 Å². The Hall–Kier alpha value is -1.32. The zero-order valence-electron chi connectivity index (χ0n) is 11.0. The molecule has 2 rings (SSSR count). The van der Waals surface area contributed by atoms with Crippen LogP contribution in [0.1, 0.15) is 12.8 Å². The van der Waals surface area contributed by atoms with Crippen LogP contribution in [0.15, 0.2) is 29.2 Å². The number of alkyl halides is 3. The third-order valence-corrected chi connectivity index (χ3v) is 4.54. The van der Waals surface area contributed by atoms with Gasteiger partial charge in [-0.25, -0.2) is 13.1 Å². The topological polar surface area (TPSA) is 67.4 Å². The highest BCUT2D eigenvalue weighted by Crippen LogP contribution is 2.29. The highest BCUT2D eigenvalue weighted by molar-refractivity contribution is 7.89. The van der Waals surface area contributed by atoms with Gasteiger partial charge in [-0.2, -0.15) is 0 Å². The van der Waals surface area contributed by atoms with Crippen LogP contribution >= 0.6 is 0 Å². The standard InChI is InChI=1S/C12H15F3N2O3S/c13-12(14,15)20-10-5-1-2-6-11(10)21(18,19)17-9-4-3-7-16-8-9/h1-2,5-6,9,16-17H,3-4,7-8H2/t9-/m1/s1. The summed E-state index contributed by atoms with van der Waals surface area (Å²) in [5.74, 6) is -0.735. The number of para-hydroxylation sites is 1. The monoisotopic (exact) mass is 324 g/mol. The van der Waals surface area contributed by atoms with E-state index in [0.717, 1.165) is 25.1 Å². The summed E-state index contributed by atoms with van der Waals surface area (Å²) in [6, 6.07) is 4.34. The molecule has 0 radical (unpaired) electrons. The van der Waals surface area contributed by atoms with Gasteiger partial charge < -0.3 is 10.1 Å². The van der Waals surface area contributed by atoms with Gasteiger partial charge in [0.2, 0.25) is 10.0 Å². The molecule has 1 aromatic carbocycles. The molecular formula is C12H15F3N2O3S. The summed E-state index contributed by atoms with van der Waals surface area (Å²) in [4.78, 5) is -0.520. The van der Waals surface area contributed by atoms with E-state index in [1.807, 2.05) is 0 Å². The molecule has 1 aliphatic heterocycles. The number of ether oxygens (including phenoxy) is 1. The van der Waals surface area contributed by atoms with E-state index in [9.17, 15) is 21.6 Å². The maximum Gasteiger partial charge on any atom is 0.573 e. The fraction of sp³-hybridized carbons (Fsp3) is 0.500. The predicted octanol–water partition coefficient (Wildman–Crippen LogP) is 1.62. The van der Waals surface area contributed by atoms with Crippen LogP contribution in [0.5, 0.6) is 5.75 Å². The highest BCUT2D eigenvalue weighted by atomic mass is 32.2. The van der Waals surface area contributed by atoms with Crippen molar-refractivity contribution in [3.05, 3.63) is 24.3 Å². The van der Waals surface area contributed by atoms with Crippen LogP contribution in [0.2, 0.25) is 0 Å². The van der Waals surface area contributed by atoms with Gasteiger partial charge in [-0.05, 0) is 31.5 Å². The second kappa shape index (κ2) is 6.20. The van der Waals surface area contributed by atoms with Gasteiger partial charge in [-0.15, -0.1) is 13.2 Å². The molecule has 1 heterocycles. The van der Waals surface area contributed by atoms with Crippen LogP contribution < -0.4 is 14.8 Å². The molecule has 1 aromatic rings. The molecular weight excluding hydrogens is 309 g/mol. The zero-order chi connectivity index (χ0) is 15.5. The molecule has 0 bridgehead atoms. The minimum absolute atomic E-state index is 0.345. The molecule has 0 amide bonds. The van der Waals surface area contributed by atoms with Gasteiger partial charge in [-0.3, -0.25) is 0 Å². The van der Waals surface area contributed by atoms with E-state index >= 15 is 0 Å². The van der Waals surface area contributed by atoms with Crippen LogP contribution in [0.3, 0.4) is 0 Å². The van der Waals surface area contributed by atoms with Crippen molar-refractivity contribution < 1.29 is 26.3 Å². The van der Waals surface area contributed by atoms with Gasteiger partial charge in [0.1, 0.15) is 10.6 Å². The normalized spacial score (nSPS) is 20.2. The molecule has 118 valence electrons. The Balaban J connectivity index is 2.23. The summed E-state index contributed by atoms with van der Waals surface area (Å²) in [7, 11) is -4.08. The molecule has 5 nitrogen and oxygen atoms in total. The molecule has 1 atom stereocenters. The van der Waals surface area contributed by atoms with Crippen molar-refractivity contribution >= 4 is 10.0 Å². The van der Waals surface area contributed by atoms with Crippen molar-refractivity contribution in [2.45, 2.75) is 30.1 Å². The number of rotatable bonds is 4. The van der Waals surface area contributed by atoms with Gasteiger partial charge in [0.05, 0.1) is 0 Å². The fourth-order valence-corrected chi connectivity index (χ4v) is 3.52. The number of piperidine rings is 1. The summed E-state index contributed by atoms with van der Waals surface area (Å²) in [5.41, 5.74) is 0. The van der Waals surface area contributed by atoms with Crippen LogP contribution in [-0.2, 0) is 10.0 Å². The average Bonchev–Trinajstić information content (AvgIpc) is 2.38. The van der Waals surface area contributed by atoms with Crippen LogP contribution in [0.4, 0.5) is 13.2 Å². The predicted molar refractivity (Wildman–Crippen MR) is 69.3 cm³/mol. The molecule has 9 heteroatoms. The summed E-state index contributed by atoms with van der Waals surface area (Å²) >= 11 is 0. The highest BCUT2D eigenvalue weighted by Gasteiger charge is 2.34. The Morgan fingerprint density at radius 3 is 2.62 bits per heavy atom. The average molecular weight is 324 g/mol. The lowest BCUT2D eigenvalue weighted by atomic mass is 10.1. The second-order valence-corrected chi connectivity index (χ2v) is 6.34. The number of sulfonamides is 1. The van der Waals surface area contributed by atoms with Gasteiger partial charge in [-0.1, -0.05) is 12.1 Å². The smallest absolute Gasteiger partial charge is 0.404 e. The number of halogens is 3. The molecule has 1 fully saturated rings. The number of benzene rings is 1. The molecule has 1 aliphatic rings. The van der Waals surface area contributed by atoms with E-state index in [1.165, 1.54) is 12.1 Å². The summed E-state index contributed by atoms with van der Waals surface area (Å²) in [6.07, 6.45) is -3.51. The Bertz CT molecular complexity index is 584. The Morgan fingerprint density at radius 2 is 2.00 bits per heavy atom. The van der Waals surface area contributed by atoms with Crippen molar-refractivity contribution in [1.82, 2.24) is 10.0 Å². The molecule has 0 spiro atoms. The Morgan fingerprint density at radius 1 is 1.29 bits per heavy atom. The SMILES string of the molecule is O=S(=O)(N[C@@H]1CCCNC1)c1ccccc1OC(F)(F)F. The maximum absolute atomic E-state index is 12.3. The van der Waals surface area contributed by atoms with Gasteiger partial charge >= 0.3 is 6.36 Å². The lowest BCUT2D eigenvalue weighted by Crippen LogP contribution is -2.45. The maximum atomic E-state index is 12.3. The lowest BCUT2D eigenvalue weighted by Gasteiger charge is -2.24. The van der Waals surface area contributed by atoms with E-state index < -0.39 is 27.0 Å². The molecule has 0 unspecified atom stereocenters. The second-order valence-electron chi connectivity index (χ2n) is 4.66. The summed E-state index contributed by atoms with van der Waals surface area (Å²) in [6.45, 7) is 1.24.